The summed E-state index contributed by atoms with van der Waals surface area (Å²) in [7, 11) is -9.94. The Morgan fingerprint density at radius 1 is 0.255 bits per heavy atom. The molecule has 0 bridgehead atoms. The molecule has 0 aliphatic carbocycles. The number of rotatable bonds is 87. The number of hydrogen-bond acceptors (Lipinski definition) is 15. The van der Waals surface area contributed by atoms with E-state index in [1.165, 1.54) is 276 Å². The number of phosphoric ester groups is 2. The molecule has 0 saturated carbocycles. The van der Waals surface area contributed by atoms with E-state index >= 15 is 0 Å². The Balaban J connectivity index is 5.29. The van der Waals surface area contributed by atoms with Crippen LogP contribution in [0.2, 0.25) is 0 Å². The molecule has 3 N–H and O–H groups in total. The third-order valence-corrected chi connectivity index (χ3v) is 22.2. The number of hydrogen-bond donors (Lipinski definition) is 3. The molecule has 17 nitrogen and oxygen atoms in total. The number of aliphatic hydroxyl groups is 1. The second kappa shape index (κ2) is 80.8. The minimum Gasteiger partial charge on any atom is -0.462 e. The second-order valence-corrected chi connectivity index (χ2v) is 33.8. The van der Waals surface area contributed by atoms with Gasteiger partial charge in [-0.25, -0.2) is 9.13 Å². The molecule has 0 aliphatic heterocycles. The van der Waals surface area contributed by atoms with E-state index in [4.69, 9.17) is 37.0 Å². The van der Waals surface area contributed by atoms with Crippen molar-refractivity contribution < 1.29 is 80.2 Å². The van der Waals surface area contributed by atoms with Gasteiger partial charge in [-0.15, -0.1) is 0 Å². The van der Waals surface area contributed by atoms with Crippen LogP contribution in [0, 0.1) is 0 Å². The first-order valence-electron chi connectivity index (χ1n) is 44.9. The highest BCUT2D eigenvalue weighted by Crippen LogP contribution is 2.45. The normalized spacial score (nSPS) is 13.8. The molecule has 0 aliphatic rings. The van der Waals surface area contributed by atoms with Gasteiger partial charge in [-0.1, -0.05) is 399 Å². The molecular formula is C87H168O17P2. The minimum atomic E-state index is -4.97. The van der Waals surface area contributed by atoms with Gasteiger partial charge >= 0.3 is 39.5 Å². The van der Waals surface area contributed by atoms with Gasteiger partial charge in [-0.3, -0.25) is 37.3 Å². The zero-order chi connectivity index (χ0) is 77.4. The van der Waals surface area contributed by atoms with Gasteiger partial charge in [0.15, 0.2) is 12.2 Å². The van der Waals surface area contributed by atoms with Gasteiger partial charge in [-0.2, -0.15) is 0 Å². The van der Waals surface area contributed by atoms with Crippen LogP contribution in [0.1, 0.15) is 464 Å². The van der Waals surface area contributed by atoms with Crippen LogP contribution in [0.25, 0.3) is 0 Å². The van der Waals surface area contributed by atoms with E-state index in [1.54, 1.807) is 0 Å². The number of ether oxygens (including phenoxy) is 4. The van der Waals surface area contributed by atoms with Gasteiger partial charge in [-0.05, 0) is 51.4 Å². The quantitative estimate of drug-likeness (QED) is 0.0169. The lowest BCUT2D eigenvalue weighted by molar-refractivity contribution is -0.161. The molecule has 5 atom stereocenters. The van der Waals surface area contributed by atoms with Crippen molar-refractivity contribution in [2.75, 3.05) is 39.6 Å². The van der Waals surface area contributed by atoms with Crippen molar-refractivity contribution in [1.82, 2.24) is 0 Å². The maximum Gasteiger partial charge on any atom is 0.472 e. The predicted molar refractivity (Wildman–Crippen MR) is 437 cm³/mol. The van der Waals surface area contributed by atoms with Gasteiger partial charge in [0.25, 0.3) is 0 Å². The van der Waals surface area contributed by atoms with Crippen LogP contribution in [0.15, 0.2) is 12.2 Å². The van der Waals surface area contributed by atoms with E-state index in [-0.39, 0.29) is 25.7 Å². The Morgan fingerprint density at radius 3 is 0.651 bits per heavy atom. The molecule has 0 fully saturated rings. The van der Waals surface area contributed by atoms with E-state index in [1.807, 2.05) is 0 Å². The number of aliphatic hydroxyl groups excluding tert-OH is 1. The smallest absolute Gasteiger partial charge is 0.462 e. The molecule has 0 radical (unpaired) electrons. The second-order valence-electron chi connectivity index (χ2n) is 30.9. The number of carbonyl (C=O) groups excluding carboxylic acids is 4. The first-order valence-corrected chi connectivity index (χ1v) is 47.9. The third-order valence-electron chi connectivity index (χ3n) is 20.3. The summed E-state index contributed by atoms with van der Waals surface area (Å²) < 4.78 is 69.0. The van der Waals surface area contributed by atoms with Crippen molar-refractivity contribution in [3.05, 3.63) is 12.2 Å². The van der Waals surface area contributed by atoms with Crippen LogP contribution < -0.4 is 0 Å². The summed E-state index contributed by atoms with van der Waals surface area (Å²) in [5.41, 5.74) is 0. The van der Waals surface area contributed by atoms with Crippen molar-refractivity contribution in [3.63, 3.8) is 0 Å². The molecular weight excluding hydrogens is 1380 g/mol. The Hall–Kier alpha value is -2.20. The highest BCUT2D eigenvalue weighted by atomic mass is 31.2. The van der Waals surface area contributed by atoms with Crippen molar-refractivity contribution in [2.24, 2.45) is 0 Å². The van der Waals surface area contributed by atoms with E-state index in [9.17, 15) is 43.2 Å². The molecule has 2 unspecified atom stereocenters. The van der Waals surface area contributed by atoms with Crippen LogP contribution in [-0.2, 0) is 65.4 Å². The molecule has 106 heavy (non-hydrogen) atoms. The fourth-order valence-corrected chi connectivity index (χ4v) is 15.0. The Morgan fingerprint density at radius 2 is 0.434 bits per heavy atom. The van der Waals surface area contributed by atoms with Gasteiger partial charge in [0.05, 0.1) is 26.4 Å². The molecule has 0 heterocycles. The van der Waals surface area contributed by atoms with E-state index in [0.717, 1.165) is 109 Å². The fraction of sp³-hybridized carbons (Fsp3) is 0.931. The molecule has 0 aromatic carbocycles. The standard InChI is InChI=1S/C87H168O17P2/c1-5-9-13-17-21-25-29-33-37-40-44-48-52-56-60-64-68-72-85(90)98-78-83(104-87(92)74-70-66-62-58-54-50-46-42-39-35-31-27-23-19-15-11-7-3)80-102-106(95,96)100-76-81(88)75-99-105(93,94)101-79-82(77-97-84(89)71-67-63-59-55-51-47-43-36-32-28-24-20-16-12-8-4)103-86(91)73-69-65-61-57-53-49-45-41-38-34-30-26-22-18-14-10-6-2/h36,43,81-83,88H,5-35,37-42,44-80H2,1-4H3,(H,93,94)(H,95,96)/b43-36-/t81-,82-,83-/m1/s1. The number of unbranched alkanes of at least 4 members (excludes halogenated alkanes) is 59. The highest BCUT2D eigenvalue weighted by molar-refractivity contribution is 7.47. The van der Waals surface area contributed by atoms with Gasteiger partial charge in [0, 0.05) is 25.7 Å². The summed E-state index contributed by atoms with van der Waals surface area (Å²) in [6.45, 7) is 5.05. The average molecular weight is 1550 g/mol. The minimum absolute atomic E-state index is 0.106. The first-order chi connectivity index (χ1) is 51.7. The Bertz CT molecular complexity index is 2050. The zero-order valence-corrected chi connectivity index (χ0v) is 71.0. The molecule has 0 aromatic heterocycles. The van der Waals surface area contributed by atoms with Crippen LogP contribution in [0.3, 0.4) is 0 Å². The molecule has 0 spiro atoms. The number of allylic oxidation sites excluding steroid dienone is 2. The van der Waals surface area contributed by atoms with Crippen molar-refractivity contribution in [2.45, 2.75) is 483 Å². The maximum atomic E-state index is 13.1. The third kappa shape index (κ3) is 79.9. The summed E-state index contributed by atoms with van der Waals surface area (Å²) in [4.78, 5) is 73.3. The lowest BCUT2D eigenvalue weighted by Gasteiger charge is -2.21. The van der Waals surface area contributed by atoms with Crippen LogP contribution in [-0.4, -0.2) is 96.7 Å². The van der Waals surface area contributed by atoms with E-state index < -0.39 is 97.5 Å². The molecule has 0 amide bonds. The number of carbonyl (C=O) groups is 4. The largest absolute Gasteiger partial charge is 0.472 e. The highest BCUT2D eigenvalue weighted by Gasteiger charge is 2.30. The van der Waals surface area contributed by atoms with Gasteiger partial charge in [0.2, 0.25) is 0 Å². The van der Waals surface area contributed by atoms with E-state index in [2.05, 4.69) is 39.8 Å². The van der Waals surface area contributed by atoms with Crippen molar-refractivity contribution in [3.8, 4) is 0 Å². The molecule has 19 heteroatoms. The number of esters is 4. The summed E-state index contributed by atoms with van der Waals surface area (Å²) in [5.74, 6) is -2.11. The molecule has 0 rings (SSSR count). The summed E-state index contributed by atoms with van der Waals surface area (Å²) in [6.07, 6.45) is 77.3. The zero-order valence-electron chi connectivity index (χ0n) is 69.2. The molecule has 0 saturated heterocycles. The SMILES string of the molecule is CCCCCCCC/C=C\CCCCCCCC(=O)OC[C@H](COP(=O)(O)OC[C@@H](O)COP(=O)(O)OC[C@@H](COC(=O)CCCCCCCCCCCCCCCCCCC)OC(=O)CCCCCCCCCCCCCCCCCCC)OC(=O)CCCCCCCCCCCCCCCCCCC. The first kappa shape index (κ1) is 104. The fourth-order valence-electron chi connectivity index (χ4n) is 13.4. The Labute approximate surface area is 650 Å². The topological polar surface area (TPSA) is 237 Å². The van der Waals surface area contributed by atoms with Gasteiger partial charge in [0.1, 0.15) is 19.3 Å². The van der Waals surface area contributed by atoms with Crippen molar-refractivity contribution in [1.29, 1.82) is 0 Å². The maximum absolute atomic E-state index is 13.1. The van der Waals surface area contributed by atoms with Gasteiger partial charge < -0.3 is 33.8 Å². The summed E-state index contributed by atoms with van der Waals surface area (Å²) in [6, 6.07) is 0. The summed E-state index contributed by atoms with van der Waals surface area (Å²) in [5, 5.41) is 10.7. The van der Waals surface area contributed by atoms with Crippen LogP contribution in [0.4, 0.5) is 0 Å². The average Bonchev–Trinajstić information content (AvgIpc) is 0.877. The Kier molecular flexibility index (Phi) is 79.2. The molecule has 0 aromatic rings. The lowest BCUT2D eigenvalue weighted by Crippen LogP contribution is -2.30. The predicted octanol–water partition coefficient (Wildman–Crippen LogP) is 26.7. The monoisotopic (exact) mass is 1550 g/mol. The summed E-state index contributed by atoms with van der Waals surface area (Å²) >= 11 is 0. The van der Waals surface area contributed by atoms with Crippen LogP contribution >= 0.6 is 15.6 Å². The molecule has 628 valence electrons. The van der Waals surface area contributed by atoms with Crippen LogP contribution in [0.5, 0.6) is 0 Å². The number of phosphoric acid groups is 2. The van der Waals surface area contributed by atoms with E-state index in [0.29, 0.717) is 25.7 Å². The lowest BCUT2D eigenvalue weighted by atomic mass is 10.0. The van der Waals surface area contributed by atoms with Crippen molar-refractivity contribution >= 4 is 39.5 Å².